The van der Waals surface area contributed by atoms with Crippen LogP contribution in [0.25, 0.3) is 59.1 Å². The Morgan fingerprint density at radius 3 is 1.78 bits per heavy atom. The molecule has 0 unspecified atom stereocenters. The summed E-state index contributed by atoms with van der Waals surface area (Å²) < 4.78 is 2.52. The molecule has 0 saturated carbocycles. The topological polar surface area (TPSA) is 54.6 Å². The summed E-state index contributed by atoms with van der Waals surface area (Å²) in [4.78, 5) is 5.90. The fourth-order valence-corrected chi connectivity index (χ4v) is 8.44. The number of nitrogens with zero attached hydrogens (tertiary/aromatic N) is 4. The summed E-state index contributed by atoms with van der Waals surface area (Å²) in [5.41, 5.74) is 6.24. The van der Waals surface area contributed by atoms with Crippen LogP contribution < -0.4 is 20.1 Å². The number of hydrogen-bond acceptors (Lipinski definition) is 3. The monoisotopic (exact) mass is 593 g/mol. The molecule has 0 atom stereocenters. The smallest absolute Gasteiger partial charge is 0.270 e. The van der Waals surface area contributed by atoms with E-state index in [2.05, 4.69) is 81.1 Å². The van der Waals surface area contributed by atoms with Crippen molar-refractivity contribution in [1.29, 1.82) is 5.26 Å². The van der Waals surface area contributed by atoms with E-state index < -0.39 is 0 Å². The first-order chi connectivity index (χ1) is 22.5. The van der Waals surface area contributed by atoms with Gasteiger partial charge in [0.25, 0.3) is 5.70 Å². The number of fused-ring (bicyclic) bond motifs is 2. The second-order valence-electron chi connectivity index (χ2n) is 12.6. The molecule has 9 rings (SSSR count). The molecule has 0 amide bonds. The predicted octanol–water partition coefficient (Wildman–Crippen LogP) is 6.80. The summed E-state index contributed by atoms with van der Waals surface area (Å²) in [5, 5.41) is 33.6. The molecule has 5 nitrogen and oxygen atoms in total. The van der Waals surface area contributed by atoms with Gasteiger partial charge in [0.15, 0.2) is 0 Å². The first-order valence-electron chi connectivity index (χ1n) is 15.7. The average Bonchev–Trinajstić information content (AvgIpc) is 3.09. The van der Waals surface area contributed by atoms with Crippen molar-refractivity contribution in [2.24, 2.45) is 0 Å². The minimum absolute atomic E-state index is 0.00820. The molecule has 0 spiro atoms. The zero-order chi connectivity index (χ0) is 31.3. The number of benzene rings is 6. The van der Waals surface area contributed by atoms with Gasteiger partial charge in [0.1, 0.15) is 18.8 Å². The van der Waals surface area contributed by atoms with E-state index in [9.17, 15) is 10.4 Å². The lowest BCUT2D eigenvalue weighted by molar-refractivity contribution is 0.434. The van der Waals surface area contributed by atoms with Gasteiger partial charge in [-0.2, -0.15) is 0 Å². The highest BCUT2D eigenvalue weighted by molar-refractivity contribution is 6.26. The highest BCUT2D eigenvalue weighted by atomic mass is 16.3. The highest BCUT2D eigenvalue weighted by Crippen LogP contribution is 2.52. The van der Waals surface area contributed by atoms with E-state index in [1.165, 1.54) is 27.3 Å². The number of hydrogen-bond donors (Lipinski definition) is 1. The molecule has 3 aliphatic rings. The molecule has 1 N–H and O–H groups in total. The molecule has 0 radical (unpaired) electrons. The van der Waals surface area contributed by atoms with E-state index >= 15 is 0 Å². The van der Waals surface area contributed by atoms with Crippen LogP contribution in [0.1, 0.15) is 16.7 Å². The van der Waals surface area contributed by atoms with Crippen LogP contribution in [0.5, 0.6) is 0 Å². The molecule has 1 aliphatic carbocycles. The van der Waals surface area contributed by atoms with Crippen molar-refractivity contribution < 1.29 is 5.11 Å². The van der Waals surface area contributed by atoms with Gasteiger partial charge < -0.3 is 10.0 Å². The van der Waals surface area contributed by atoms with Crippen molar-refractivity contribution in [2.75, 3.05) is 32.1 Å². The number of anilines is 1. The van der Waals surface area contributed by atoms with Gasteiger partial charge in [-0.15, -0.1) is 0 Å². The van der Waals surface area contributed by atoms with Crippen LogP contribution in [0, 0.1) is 17.9 Å². The third-order valence-electron chi connectivity index (χ3n) is 10.2. The first-order valence-corrected chi connectivity index (χ1v) is 15.7. The molecule has 6 aromatic rings. The second kappa shape index (κ2) is 9.54. The van der Waals surface area contributed by atoms with Crippen molar-refractivity contribution in [3.8, 4) is 6.07 Å². The van der Waals surface area contributed by atoms with Gasteiger partial charge in [-0.05, 0) is 32.7 Å². The maximum atomic E-state index is 12.4. The Morgan fingerprint density at radius 1 is 0.761 bits per heavy atom. The molecule has 0 aromatic heterocycles. The minimum atomic E-state index is -0.00820. The fraction of sp³-hybridized carbons (Fsp3) is 0.146. The maximum absolute atomic E-state index is 12.4. The van der Waals surface area contributed by atoms with E-state index in [0.717, 1.165) is 74.7 Å². The number of aliphatic hydroxyl groups excluding tert-OH is 1. The Morgan fingerprint density at radius 2 is 1.28 bits per heavy atom. The minimum Gasteiger partial charge on any atom is -0.507 e. The van der Waals surface area contributed by atoms with E-state index in [1.54, 1.807) is 0 Å². The van der Waals surface area contributed by atoms with Gasteiger partial charge in [-0.25, -0.2) is 14.7 Å². The fourth-order valence-electron chi connectivity index (χ4n) is 8.44. The van der Waals surface area contributed by atoms with E-state index in [4.69, 9.17) is 6.57 Å². The van der Waals surface area contributed by atoms with Crippen LogP contribution in [0.2, 0.25) is 0 Å². The number of nitriles is 1. The van der Waals surface area contributed by atoms with Crippen molar-refractivity contribution >= 4 is 59.9 Å². The molecule has 218 valence electrons. The predicted molar refractivity (Wildman–Crippen MR) is 187 cm³/mol. The second-order valence-corrected chi connectivity index (χ2v) is 12.6. The Balaban J connectivity index is 1.54. The summed E-state index contributed by atoms with van der Waals surface area (Å²) in [7, 11) is 4.09. The van der Waals surface area contributed by atoms with Crippen molar-refractivity contribution in [3.05, 3.63) is 141 Å². The number of allylic oxidation sites excluding steroid dienone is 3. The van der Waals surface area contributed by atoms with Crippen molar-refractivity contribution in [2.45, 2.75) is 12.8 Å². The van der Waals surface area contributed by atoms with Crippen LogP contribution in [0.15, 0.2) is 102 Å². The average molecular weight is 594 g/mol. The lowest BCUT2D eigenvalue weighted by Gasteiger charge is -2.32. The summed E-state index contributed by atoms with van der Waals surface area (Å²) in [6.45, 7) is 10.1. The molecular weight excluding hydrogens is 564 g/mol. The summed E-state index contributed by atoms with van der Waals surface area (Å²) in [6.07, 6.45) is 1.93. The Labute approximate surface area is 266 Å². The molecule has 46 heavy (non-hydrogen) atoms. The maximum Gasteiger partial charge on any atom is 0.270 e. The number of aliphatic hydroxyl groups is 1. The third kappa shape index (κ3) is 3.30. The van der Waals surface area contributed by atoms with Gasteiger partial charge in [0, 0.05) is 65.2 Å². The SMILES string of the molecule is [C-]#[N+]/C(C#N)=C1/C(c2c3ccccc3c(N(C)C)c3ccccc23)=C(O)C1=c1c2cccc3c2c2c4c(cccc14)CC[N+]=2CC3. The molecule has 2 heterocycles. The zero-order valence-corrected chi connectivity index (χ0v) is 25.6. The number of rotatable bonds is 2. The van der Waals surface area contributed by atoms with Crippen molar-refractivity contribution in [3.63, 3.8) is 0 Å². The Hall–Kier alpha value is -5.91. The van der Waals surface area contributed by atoms with E-state index in [0.29, 0.717) is 16.7 Å². The molecule has 6 aromatic carbocycles. The van der Waals surface area contributed by atoms with Crippen LogP contribution in [0.3, 0.4) is 0 Å². The molecule has 2 aliphatic heterocycles. The third-order valence-corrected chi connectivity index (χ3v) is 10.2. The first kappa shape index (κ1) is 26.5. The van der Waals surface area contributed by atoms with Crippen LogP contribution >= 0.6 is 0 Å². The van der Waals surface area contributed by atoms with Gasteiger partial charge >= 0.3 is 0 Å². The molecular formula is C41H29N4O+. The van der Waals surface area contributed by atoms with E-state index in [-0.39, 0.29) is 11.5 Å². The Kier molecular flexibility index (Phi) is 5.50. The van der Waals surface area contributed by atoms with Crippen LogP contribution in [-0.4, -0.2) is 32.3 Å². The summed E-state index contributed by atoms with van der Waals surface area (Å²) in [6, 6.07) is 31.6. The van der Waals surface area contributed by atoms with Gasteiger partial charge in [0.05, 0.1) is 29.1 Å². The van der Waals surface area contributed by atoms with Crippen molar-refractivity contribution in [1.82, 2.24) is 4.58 Å². The normalized spacial score (nSPS) is 16.3. The molecule has 5 heteroatoms. The Bertz CT molecular complexity index is 2550. The quantitative estimate of drug-likeness (QED) is 0.104. The highest BCUT2D eigenvalue weighted by Gasteiger charge is 2.38. The largest absolute Gasteiger partial charge is 0.507 e. The van der Waals surface area contributed by atoms with Crippen LogP contribution in [0.4, 0.5) is 5.69 Å². The molecule has 0 saturated heterocycles. The summed E-state index contributed by atoms with van der Waals surface area (Å²) in [5.74, 6) is 0.136. The van der Waals surface area contributed by atoms with Gasteiger partial charge in [-0.3, -0.25) is 0 Å². The molecule has 0 fully saturated rings. The lowest BCUT2D eigenvalue weighted by Crippen LogP contribution is -2.42. The van der Waals surface area contributed by atoms with Gasteiger partial charge in [0.2, 0.25) is 5.36 Å². The van der Waals surface area contributed by atoms with E-state index in [1.807, 2.05) is 38.4 Å². The zero-order valence-electron chi connectivity index (χ0n) is 25.6. The lowest BCUT2D eigenvalue weighted by atomic mass is 9.73. The summed E-state index contributed by atoms with van der Waals surface area (Å²) >= 11 is 0. The van der Waals surface area contributed by atoms with Gasteiger partial charge in [-0.1, -0.05) is 84.9 Å². The molecule has 0 bridgehead atoms. The van der Waals surface area contributed by atoms with Crippen LogP contribution in [-0.2, 0) is 12.8 Å². The standard InChI is InChI=1S/C41H28N4O/c1-43-31(22-42)36-37(34-25-12-4-6-14-27(25)39(44(2)3)28-15-7-5-13-26(28)34)41(46)38(36)35-29-16-8-10-23-18-20-45-21-19-24-11-9-17-30(35)33(24)40(45)32(23)29/h4-17H,18-21H2,2-3H3/p+1/b36-31-.